The van der Waals surface area contributed by atoms with Crippen molar-refractivity contribution in [2.45, 2.75) is 31.7 Å². The molecule has 2 aliphatic rings. The van der Waals surface area contributed by atoms with E-state index in [1.807, 2.05) is 54.6 Å². The molecule has 4 rings (SSSR count). The number of likely N-dealkylation sites (tertiary alicyclic amines) is 1. The molecule has 0 saturated carbocycles. The molecule has 32 heavy (non-hydrogen) atoms. The number of rotatable bonds is 4. The van der Waals surface area contributed by atoms with Crippen LogP contribution in [0.25, 0.3) is 0 Å². The maximum absolute atomic E-state index is 12.8. The van der Waals surface area contributed by atoms with Crippen LogP contribution in [0, 0.1) is 17.2 Å². The standard InChI is InChI=1S/C25H29N5O2/c26-18-19-6-8-23(9-7-19)29-16-12-22(13-17-29)27-24(31)20-10-14-30(15-11-20)25(32)28-21-4-2-1-3-5-21/h1-9,20,22H,10-17H2,(H,27,31)(H,28,32). The van der Waals surface area contributed by atoms with Crippen LogP contribution in [-0.2, 0) is 4.79 Å². The second-order valence-corrected chi connectivity index (χ2v) is 8.49. The summed E-state index contributed by atoms with van der Waals surface area (Å²) in [6.45, 7) is 2.95. The van der Waals surface area contributed by atoms with Gasteiger partial charge in [0, 0.05) is 49.5 Å². The van der Waals surface area contributed by atoms with Gasteiger partial charge in [0.1, 0.15) is 0 Å². The molecule has 0 radical (unpaired) electrons. The number of carbonyl (C=O) groups is 2. The Morgan fingerprint density at radius 2 is 1.53 bits per heavy atom. The molecule has 0 spiro atoms. The number of hydrogen-bond donors (Lipinski definition) is 2. The Balaban J connectivity index is 1.19. The number of nitriles is 1. The number of anilines is 2. The third kappa shape index (κ3) is 5.38. The van der Waals surface area contributed by atoms with Crippen molar-refractivity contribution >= 4 is 23.3 Å². The van der Waals surface area contributed by atoms with Crippen LogP contribution in [0.1, 0.15) is 31.2 Å². The lowest BCUT2D eigenvalue weighted by molar-refractivity contribution is -0.127. The number of para-hydroxylation sites is 1. The number of nitrogens with zero attached hydrogens (tertiary/aromatic N) is 3. The topological polar surface area (TPSA) is 88.5 Å². The van der Waals surface area contributed by atoms with E-state index in [1.54, 1.807) is 4.90 Å². The number of carbonyl (C=O) groups excluding carboxylic acids is 2. The van der Waals surface area contributed by atoms with Crippen LogP contribution < -0.4 is 15.5 Å². The summed E-state index contributed by atoms with van der Waals surface area (Å²) in [5, 5.41) is 15.1. The van der Waals surface area contributed by atoms with E-state index in [0.29, 0.717) is 31.5 Å². The fraction of sp³-hybridized carbons (Fsp3) is 0.400. The van der Waals surface area contributed by atoms with Crippen LogP contribution in [0.2, 0.25) is 0 Å². The highest BCUT2D eigenvalue weighted by Crippen LogP contribution is 2.22. The Hall–Kier alpha value is -3.53. The van der Waals surface area contributed by atoms with Gasteiger partial charge in [0.25, 0.3) is 0 Å². The second kappa shape index (κ2) is 10.2. The summed E-state index contributed by atoms with van der Waals surface area (Å²) in [6, 6.07) is 19.3. The van der Waals surface area contributed by atoms with Gasteiger partial charge in [-0.05, 0) is 62.1 Å². The van der Waals surface area contributed by atoms with Crippen molar-refractivity contribution < 1.29 is 9.59 Å². The van der Waals surface area contributed by atoms with Crippen LogP contribution in [0.3, 0.4) is 0 Å². The van der Waals surface area contributed by atoms with Gasteiger partial charge in [0.15, 0.2) is 0 Å². The van der Waals surface area contributed by atoms with Gasteiger partial charge >= 0.3 is 6.03 Å². The molecule has 0 atom stereocenters. The van der Waals surface area contributed by atoms with Crippen molar-refractivity contribution in [1.29, 1.82) is 5.26 Å². The van der Waals surface area contributed by atoms with E-state index < -0.39 is 0 Å². The van der Waals surface area contributed by atoms with E-state index in [4.69, 9.17) is 5.26 Å². The summed E-state index contributed by atoms with van der Waals surface area (Å²) in [6.07, 6.45) is 3.20. The lowest BCUT2D eigenvalue weighted by atomic mass is 9.94. The molecule has 2 saturated heterocycles. The van der Waals surface area contributed by atoms with Gasteiger partial charge in [-0.2, -0.15) is 5.26 Å². The fourth-order valence-corrected chi connectivity index (χ4v) is 4.42. The predicted molar refractivity (Wildman–Crippen MR) is 124 cm³/mol. The molecule has 2 N–H and O–H groups in total. The van der Waals surface area contributed by atoms with E-state index in [9.17, 15) is 9.59 Å². The number of benzene rings is 2. The molecule has 7 heteroatoms. The summed E-state index contributed by atoms with van der Waals surface area (Å²) in [5.41, 5.74) is 2.57. The fourth-order valence-electron chi connectivity index (χ4n) is 4.42. The highest BCUT2D eigenvalue weighted by atomic mass is 16.2. The van der Waals surface area contributed by atoms with Crippen molar-refractivity contribution in [2.24, 2.45) is 5.92 Å². The lowest BCUT2D eigenvalue weighted by Gasteiger charge is -2.36. The third-order valence-corrected chi connectivity index (χ3v) is 6.38. The molecule has 0 aromatic heterocycles. The van der Waals surface area contributed by atoms with Crippen molar-refractivity contribution in [1.82, 2.24) is 10.2 Å². The molecule has 0 bridgehead atoms. The minimum absolute atomic E-state index is 0.0349. The molecule has 0 unspecified atom stereocenters. The van der Waals surface area contributed by atoms with Crippen LogP contribution in [-0.4, -0.2) is 49.1 Å². The minimum atomic E-state index is -0.106. The van der Waals surface area contributed by atoms with E-state index in [1.165, 1.54) is 0 Å². The molecule has 3 amide bonds. The van der Waals surface area contributed by atoms with Crippen LogP contribution in [0.15, 0.2) is 54.6 Å². The van der Waals surface area contributed by atoms with Crippen molar-refractivity contribution in [3.8, 4) is 6.07 Å². The summed E-state index contributed by atoms with van der Waals surface area (Å²) < 4.78 is 0. The minimum Gasteiger partial charge on any atom is -0.371 e. The Morgan fingerprint density at radius 3 is 2.16 bits per heavy atom. The maximum Gasteiger partial charge on any atom is 0.321 e. The average molecular weight is 432 g/mol. The Labute approximate surface area is 189 Å². The summed E-state index contributed by atoms with van der Waals surface area (Å²) >= 11 is 0. The zero-order chi connectivity index (χ0) is 22.3. The van der Waals surface area contributed by atoms with Gasteiger partial charge in [-0.1, -0.05) is 18.2 Å². The zero-order valence-electron chi connectivity index (χ0n) is 18.2. The van der Waals surface area contributed by atoms with Gasteiger partial charge in [-0.25, -0.2) is 4.79 Å². The predicted octanol–water partition coefficient (Wildman–Crippen LogP) is 3.59. The molecular formula is C25H29N5O2. The highest BCUT2D eigenvalue weighted by Gasteiger charge is 2.29. The molecule has 7 nitrogen and oxygen atoms in total. The number of amides is 3. The number of urea groups is 1. The molecule has 0 aliphatic carbocycles. The van der Waals surface area contributed by atoms with E-state index in [2.05, 4.69) is 21.6 Å². The van der Waals surface area contributed by atoms with Crippen molar-refractivity contribution in [3.05, 3.63) is 60.2 Å². The highest BCUT2D eigenvalue weighted by molar-refractivity contribution is 5.89. The summed E-state index contributed by atoms with van der Waals surface area (Å²) in [7, 11) is 0. The Kier molecular flexibility index (Phi) is 6.90. The molecule has 2 aromatic carbocycles. The van der Waals surface area contributed by atoms with Gasteiger partial charge in [-0.3, -0.25) is 4.79 Å². The summed E-state index contributed by atoms with van der Waals surface area (Å²) in [4.78, 5) is 29.3. The van der Waals surface area contributed by atoms with Gasteiger partial charge in [0.2, 0.25) is 5.91 Å². The van der Waals surface area contributed by atoms with Gasteiger partial charge in [-0.15, -0.1) is 0 Å². The quantitative estimate of drug-likeness (QED) is 0.774. The molecule has 2 heterocycles. The second-order valence-electron chi connectivity index (χ2n) is 8.49. The average Bonchev–Trinajstić information content (AvgIpc) is 2.85. The zero-order valence-corrected chi connectivity index (χ0v) is 18.2. The lowest BCUT2D eigenvalue weighted by Crippen LogP contribution is -2.49. The number of nitrogens with one attached hydrogen (secondary N) is 2. The summed E-state index contributed by atoms with van der Waals surface area (Å²) in [5.74, 6) is 0.0808. The van der Waals surface area contributed by atoms with Gasteiger partial charge < -0.3 is 20.4 Å². The van der Waals surface area contributed by atoms with E-state index in [0.717, 1.165) is 37.3 Å². The third-order valence-electron chi connectivity index (χ3n) is 6.38. The SMILES string of the molecule is N#Cc1ccc(N2CCC(NC(=O)C3CCN(C(=O)Nc4ccccc4)CC3)CC2)cc1. The Morgan fingerprint density at radius 1 is 0.875 bits per heavy atom. The largest absolute Gasteiger partial charge is 0.371 e. The van der Waals surface area contributed by atoms with Crippen LogP contribution in [0.5, 0.6) is 0 Å². The maximum atomic E-state index is 12.8. The van der Waals surface area contributed by atoms with Crippen molar-refractivity contribution in [3.63, 3.8) is 0 Å². The smallest absolute Gasteiger partial charge is 0.321 e. The van der Waals surface area contributed by atoms with Gasteiger partial charge in [0.05, 0.1) is 11.6 Å². The van der Waals surface area contributed by atoms with Crippen LogP contribution in [0.4, 0.5) is 16.2 Å². The molecule has 2 aromatic rings. The number of piperidine rings is 2. The normalized spacial score (nSPS) is 17.5. The van der Waals surface area contributed by atoms with E-state index in [-0.39, 0.29) is 23.9 Å². The van der Waals surface area contributed by atoms with Crippen LogP contribution >= 0.6 is 0 Å². The monoisotopic (exact) mass is 431 g/mol. The molecule has 166 valence electrons. The molecular weight excluding hydrogens is 402 g/mol. The molecule has 2 fully saturated rings. The first-order chi connectivity index (χ1) is 15.6. The Bertz CT molecular complexity index is 954. The number of hydrogen-bond acceptors (Lipinski definition) is 4. The first-order valence-electron chi connectivity index (χ1n) is 11.3. The first kappa shape index (κ1) is 21.7. The van der Waals surface area contributed by atoms with Crippen molar-refractivity contribution in [2.75, 3.05) is 36.4 Å². The van der Waals surface area contributed by atoms with E-state index >= 15 is 0 Å². The first-order valence-corrected chi connectivity index (χ1v) is 11.3. The molecule has 2 aliphatic heterocycles.